The van der Waals surface area contributed by atoms with E-state index in [2.05, 4.69) is 0 Å². The van der Waals surface area contributed by atoms with Crippen LogP contribution in [0.3, 0.4) is 0 Å². The van der Waals surface area contributed by atoms with Crippen LogP contribution in [-0.2, 0) is 11.2 Å². The molecule has 0 aliphatic heterocycles. The minimum Gasteiger partial charge on any atom is -0.870 e. The molecular formula is C19H20LiN5O4. The molecule has 3 rings (SSSR count). The second kappa shape index (κ2) is 9.91. The van der Waals surface area contributed by atoms with E-state index in [0.29, 0.717) is 16.9 Å². The SMILES string of the molecule is N=C(N)c1ccc(-n2ccn(-c3ccc(CC(N)C(=O)O)cc3)c2=O)cc1.[Li+].[OH-]. The maximum atomic E-state index is 12.7. The maximum Gasteiger partial charge on any atom is 1.00 e. The first kappa shape index (κ1) is 23.9. The van der Waals surface area contributed by atoms with Crippen molar-refractivity contribution in [3.63, 3.8) is 0 Å². The second-order valence-electron chi connectivity index (χ2n) is 6.10. The van der Waals surface area contributed by atoms with Gasteiger partial charge in [-0.2, -0.15) is 0 Å². The number of hydrogen-bond donors (Lipinski definition) is 4. The summed E-state index contributed by atoms with van der Waals surface area (Å²) in [6.07, 6.45) is 3.52. The minimum absolute atomic E-state index is 0. The van der Waals surface area contributed by atoms with E-state index in [4.69, 9.17) is 22.0 Å². The van der Waals surface area contributed by atoms with Crippen LogP contribution in [0.25, 0.3) is 11.4 Å². The zero-order valence-electron chi connectivity index (χ0n) is 15.8. The van der Waals surface area contributed by atoms with E-state index in [0.717, 1.165) is 5.56 Å². The van der Waals surface area contributed by atoms with Crippen molar-refractivity contribution in [2.24, 2.45) is 11.5 Å². The summed E-state index contributed by atoms with van der Waals surface area (Å²) in [6.45, 7) is 0. The van der Waals surface area contributed by atoms with Crippen molar-refractivity contribution in [3.8, 4) is 11.4 Å². The van der Waals surface area contributed by atoms with Crippen LogP contribution in [0.15, 0.2) is 65.7 Å². The van der Waals surface area contributed by atoms with Crippen LogP contribution in [0.1, 0.15) is 11.1 Å². The summed E-state index contributed by atoms with van der Waals surface area (Å²) in [5.41, 5.74) is 13.4. The molecule has 0 bridgehead atoms. The van der Waals surface area contributed by atoms with Crippen molar-refractivity contribution in [3.05, 3.63) is 82.5 Å². The van der Waals surface area contributed by atoms with E-state index in [1.54, 1.807) is 60.9 Å². The van der Waals surface area contributed by atoms with Crippen LogP contribution >= 0.6 is 0 Å². The summed E-state index contributed by atoms with van der Waals surface area (Å²) in [7, 11) is 0. The molecule has 1 unspecified atom stereocenters. The molecule has 7 N–H and O–H groups in total. The average molecular weight is 389 g/mol. The van der Waals surface area contributed by atoms with Crippen molar-refractivity contribution in [2.45, 2.75) is 12.5 Å². The van der Waals surface area contributed by atoms with E-state index in [1.165, 1.54) is 9.13 Å². The van der Waals surface area contributed by atoms with Gasteiger partial charge >= 0.3 is 30.5 Å². The molecule has 0 fully saturated rings. The number of nitrogens with two attached hydrogens (primary N) is 2. The van der Waals surface area contributed by atoms with Crippen LogP contribution in [0, 0.1) is 5.41 Å². The molecule has 0 aliphatic rings. The Morgan fingerprint density at radius 2 is 1.45 bits per heavy atom. The molecular weight excluding hydrogens is 369 g/mol. The molecule has 2 aromatic carbocycles. The first-order chi connectivity index (χ1) is 12.9. The Hall–Kier alpha value is -3.09. The predicted molar refractivity (Wildman–Crippen MR) is 104 cm³/mol. The fourth-order valence-electron chi connectivity index (χ4n) is 2.71. The summed E-state index contributed by atoms with van der Waals surface area (Å²) < 4.78 is 2.97. The Bertz CT molecular complexity index is 1040. The Morgan fingerprint density at radius 3 is 1.86 bits per heavy atom. The van der Waals surface area contributed by atoms with E-state index in [-0.39, 0.29) is 42.3 Å². The first-order valence-corrected chi connectivity index (χ1v) is 8.19. The number of carboxylic acid groups (broad SMARTS) is 1. The summed E-state index contributed by atoms with van der Waals surface area (Å²) in [5, 5.41) is 16.3. The van der Waals surface area contributed by atoms with Gasteiger partial charge in [0.2, 0.25) is 0 Å². The number of aliphatic carboxylic acids is 1. The Balaban J connectivity index is 0.00000210. The predicted octanol–water partition coefficient (Wildman–Crippen LogP) is -2.31. The number of aromatic nitrogens is 2. The zero-order chi connectivity index (χ0) is 19.6. The Labute approximate surface area is 178 Å². The van der Waals surface area contributed by atoms with Crippen LogP contribution in [0.5, 0.6) is 0 Å². The number of imidazole rings is 1. The van der Waals surface area contributed by atoms with Crippen molar-refractivity contribution >= 4 is 11.8 Å². The fraction of sp³-hybridized carbons (Fsp3) is 0.105. The number of carbonyl (C=O) groups is 1. The van der Waals surface area contributed by atoms with E-state index in [9.17, 15) is 9.59 Å². The Morgan fingerprint density at radius 1 is 1.00 bits per heavy atom. The molecule has 1 atom stereocenters. The van der Waals surface area contributed by atoms with Gasteiger partial charge in [-0.25, -0.2) is 4.79 Å². The summed E-state index contributed by atoms with van der Waals surface area (Å²) in [5.74, 6) is -1.09. The summed E-state index contributed by atoms with van der Waals surface area (Å²) in [4.78, 5) is 23.5. The first-order valence-electron chi connectivity index (χ1n) is 8.19. The third-order valence-corrected chi connectivity index (χ3v) is 4.22. The number of amidine groups is 1. The number of carboxylic acids is 1. The zero-order valence-corrected chi connectivity index (χ0v) is 15.8. The molecule has 10 heteroatoms. The molecule has 0 aliphatic carbocycles. The van der Waals surface area contributed by atoms with Gasteiger partial charge in [-0.1, -0.05) is 12.1 Å². The van der Waals surface area contributed by atoms with E-state index < -0.39 is 12.0 Å². The largest absolute Gasteiger partial charge is 1.00 e. The average Bonchev–Trinajstić information content (AvgIpc) is 3.03. The Kier molecular flexibility index (Phi) is 8.18. The third-order valence-electron chi connectivity index (χ3n) is 4.22. The summed E-state index contributed by atoms with van der Waals surface area (Å²) >= 11 is 0. The number of nitrogens with one attached hydrogen (secondary N) is 1. The van der Waals surface area contributed by atoms with Gasteiger partial charge in [0.25, 0.3) is 0 Å². The molecule has 0 saturated heterocycles. The third kappa shape index (κ3) is 5.25. The van der Waals surface area contributed by atoms with E-state index in [1.807, 2.05) is 0 Å². The molecule has 0 saturated carbocycles. The number of nitrogens with zero attached hydrogens (tertiary/aromatic N) is 2. The maximum absolute atomic E-state index is 12.7. The summed E-state index contributed by atoms with van der Waals surface area (Å²) in [6, 6.07) is 12.8. The van der Waals surface area contributed by atoms with Crippen molar-refractivity contribution in [1.82, 2.24) is 9.13 Å². The number of rotatable bonds is 6. The minimum atomic E-state index is -1.05. The molecule has 0 radical (unpaired) electrons. The topological polar surface area (TPSA) is 170 Å². The monoisotopic (exact) mass is 389 g/mol. The number of hydrogen-bond acceptors (Lipinski definition) is 5. The van der Waals surface area contributed by atoms with Gasteiger partial charge in [0, 0.05) is 18.0 Å². The molecule has 29 heavy (non-hydrogen) atoms. The molecule has 1 heterocycles. The normalized spacial score (nSPS) is 11.1. The number of benzene rings is 2. The van der Waals surface area contributed by atoms with Gasteiger partial charge in [-0.05, 0) is 48.4 Å². The van der Waals surface area contributed by atoms with Crippen LogP contribution in [0.2, 0.25) is 0 Å². The van der Waals surface area contributed by atoms with Gasteiger partial charge in [0.1, 0.15) is 11.9 Å². The van der Waals surface area contributed by atoms with Crippen molar-refractivity contribution in [2.75, 3.05) is 0 Å². The number of nitrogen functional groups attached to an aromatic ring is 1. The van der Waals surface area contributed by atoms with Crippen molar-refractivity contribution in [1.29, 1.82) is 5.41 Å². The molecule has 146 valence electrons. The standard InChI is InChI=1S/C19H19N5O3.Li.H2O/c20-16(18(25)26)11-12-1-5-14(6-2-12)23-9-10-24(19(23)27)15-7-3-13(4-8-15)17(21)22;;/h1-10,16H,11,20H2,(H3,21,22)(H,25,26);;1H2/q;+1;/p-1. The molecule has 9 nitrogen and oxygen atoms in total. The molecule has 1 aromatic heterocycles. The van der Waals surface area contributed by atoms with Crippen LogP contribution in [-0.4, -0.2) is 37.6 Å². The van der Waals surface area contributed by atoms with Gasteiger partial charge in [-0.3, -0.25) is 19.3 Å². The quantitative estimate of drug-likeness (QED) is 0.210. The van der Waals surface area contributed by atoms with Gasteiger partial charge in [-0.15, -0.1) is 0 Å². The van der Waals surface area contributed by atoms with Crippen molar-refractivity contribution < 1.29 is 34.2 Å². The van der Waals surface area contributed by atoms with Gasteiger partial charge in [0.05, 0.1) is 11.4 Å². The van der Waals surface area contributed by atoms with Crippen LogP contribution in [0.4, 0.5) is 0 Å². The molecule has 0 amide bonds. The van der Waals surface area contributed by atoms with E-state index >= 15 is 0 Å². The van der Waals surface area contributed by atoms with Gasteiger partial charge < -0.3 is 22.1 Å². The molecule has 0 spiro atoms. The second-order valence-corrected chi connectivity index (χ2v) is 6.10. The fourth-order valence-corrected chi connectivity index (χ4v) is 2.71. The van der Waals surface area contributed by atoms with Gasteiger partial charge in [0.15, 0.2) is 0 Å². The van der Waals surface area contributed by atoms with Crippen LogP contribution < -0.4 is 36.0 Å². The molecule has 3 aromatic rings. The smallest absolute Gasteiger partial charge is 0.870 e.